The number of methoxy groups -OCH3 is 1. The van der Waals surface area contributed by atoms with E-state index >= 15 is 0 Å². The Balaban J connectivity index is 1.34. The zero-order valence-electron chi connectivity index (χ0n) is 28.1. The molecule has 15 heteroatoms. The Labute approximate surface area is 282 Å². The molecule has 14 nitrogen and oxygen atoms in total. The molecule has 1 amide bonds. The van der Waals surface area contributed by atoms with Gasteiger partial charge in [0.2, 0.25) is 17.7 Å². The summed E-state index contributed by atoms with van der Waals surface area (Å²) in [6.07, 6.45) is 2.45. The van der Waals surface area contributed by atoms with Crippen LogP contribution in [0.25, 0.3) is 11.2 Å². The van der Waals surface area contributed by atoms with Crippen molar-refractivity contribution in [1.82, 2.24) is 24.2 Å². The van der Waals surface area contributed by atoms with Gasteiger partial charge in [-0.05, 0) is 31.7 Å². The van der Waals surface area contributed by atoms with Gasteiger partial charge in [-0.25, -0.2) is 9.65 Å². The number of carbonyl (C=O) groups is 1. The molecule has 48 heavy (non-hydrogen) atoms. The van der Waals surface area contributed by atoms with Gasteiger partial charge >= 0.3 is 0 Å². The Morgan fingerprint density at radius 1 is 1.21 bits per heavy atom. The van der Waals surface area contributed by atoms with Gasteiger partial charge < -0.3 is 28.0 Å². The number of nitrogens with zero attached hydrogens (tertiary/aromatic N) is 6. The highest BCUT2D eigenvalue weighted by Crippen LogP contribution is 2.64. The molecule has 6 rings (SSSR count). The predicted octanol–water partition coefficient (Wildman–Crippen LogP) is 5.07. The van der Waals surface area contributed by atoms with E-state index in [2.05, 4.69) is 57.0 Å². The van der Waals surface area contributed by atoms with Gasteiger partial charge in [0.05, 0.1) is 44.2 Å². The summed E-state index contributed by atoms with van der Waals surface area (Å²) in [6.45, 7) is 9.47. The molecule has 2 aromatic heterocycles. The summed E-state index contributed by atoms with van der Waals surface area (Å²) in [4.78, 5) is 26.3. The molecule has 1 unspecified atom stereocenters. The average Bonchev–Trinajstić information content (AvgIpc) is 3.87. The summed E-state index contributed by atoms with van der Waals surface area (Å²) in [6, 6.07) is 12.6. The van der Waals surface area contributed by atoms with Gasteiger partial charge in [0, 0.05) is 19.6 Å². The first-order valence-electron chi connectivity index (χ1n) is 16.6. The molecule has 3 aliphatic rings. The van der Waals surface area contributed by atoms with Crippen LogP contribution in [0.3, 0.4) is 0 Å². The van der Waals surface area contributed by atoms with Crippen LogP contribution in [0.4, 0.5) is 5.95 Å². The number of fused-ring (bicyclic) bond motifs is 2. The fourth-order valence-electron chi connectivity index (χ4n) is 6.50. The van der Waals surface area contributed by atoms with E-state index in [9.17, 15) is 4.79 Å². The largest absolute Gasteiger partial charge is 0.475 e. The van der Waals surface area contributed by atoms with Crippen molar-refractivity contribution in [3.63, 3.8) is 0 Å². The molecule has 1 aromatic carbocycles. The number of imidazole rings is 1. The lowest BCUT2D eigenvalue weighted by molar-refractivity contribution is -0.118. The minimum absolute atomic E-state index is 0.0627. The summed E-state index contributed by atoms with van der Waals surface area (Å²) in [5.41, 5.74) is 1.38. The van der Waals surface area contributed by atoms with Crippen LogP contribution in [0.2, 0.25) is 0 Å². The molecule has 0 bridgehead atoms. The quantitative estimate of drug-likeness (QED) is 0.178. The maximum Gasteiger partial charge on any atom is 0.260 e. The predicted molar refractivity (Wildman–Crippen MR) is 177 cm³/mol. The third-order valence-electron chi connectivity index (χ3n) is 9.06. The van der Waals surface area contributed by atoms with Crippen LogP contribution >= 0.6 is 8.53 Å². The molecule has 3 aliphatic heterocycles. The maximum absolute atomic E-state index is 12.6. The van der Waals surface area contributed by atoms with Crippen molar-refractivity contribution in [3.8, 4) is 11.9 Å². The van der Waals surface area contributed by atoms with Crippen molar-refractivity contribution in [2.45, 2.75) is 89.6 Å². The highest BCUT2D eigenvalue weighted by molar-refractivity contribution is 7.45. The molecule has 1 N–H and O–H groups in total. The Bertz CT molecular complexity index is 1600. The number of aromatic nitrogens is 4. The van der Waals surface area contributed by atoms with Gasteiger partial charge in [-0.2, -0.15) is 15.2 Å². The molecule has 3 saturated heterocycles. The van der Waals surface area contributed by atoms with E-state index in [0.717, 1.165) is 24.9 Å². The molecule has 0 spiro atoms. The first-order valence-corrected chi connectivity index (χ1v) is 17.7. The summed E-state index contributed by atoms with van der Waals surface area (Å²) in [5.74, 6) is -0.322. The number of benzene rings is 1. The van der Waals surface area contributed by atoms with E-state index in [-0.39, 0.29) is 48.8 Å². The molecule has 3 aromatic rings. The van der Waals surface area contributed by atoms with Crippen LogP contribution in [0.1, 0.15) is 65.2 Å². The molecular formula is C33H44N7O7P. The maximum atomic E-state index is 12.6. The highest BCUT2D eigenvalue weighted by Gasteiger charge is 2.57. The number of hydrogen-bond acceptors (Lipinski definition) is 12. The fraction of sp³-hybridized carbons (Fsp3) is 0.606. The lowest BCUT2D eigenvalue weighted by Gasteiger charge is -2.29. The van der Waals surface area contributed by atoms with Crippen LogP contribution < -0.4 is 10.1 Å². The number of hydrogen-bond donors (Lipinski definition) is 1. The lowest BCUT2D eigenvalue weighted by Crippen LogP contribution is -2.37. The van der Waals surface area contributed by atoms with Crippen LogP contribution in [0.5, 0.6) is 5.88 Å². The van der Waals surface area contributed by atoms with Gasteiger partial charge in [0.1, 0.15) is 24.4 Å². The van der Waals surface area contributed by atoms with Gasteiger partial charge in [-0.15, -0.1) is 0 Å². The Morgan fingerprint density at radius 3 is 2.75 bits per heavy atom. The monoisotopic (exact) mass is 681 g/mol. The summed E-state index contributed by atoms with van der Waals surface area (Å²) in [5, 5.41) is 11.8. The van der Waals surface area contributed by atoms with E-state index in [1.54, 1.807) is 31.9 Å². The number of rotatable bonds is 14. The Morgan fingerprint density at radius 2 is 2.02 bits per heavy atom. The number of amides is 1. The SMILES string of the molecule is CC[C@H]1O[C@@H](n2cnc3c(OCCC#N)nc(NC(=O)C(C)C)nc32)C(OCCOC)[C@H]1O[P@@]1O[C@](C)(c2ccccc2)[C@@H]2CCCN21. The lowest BCUT2D eigenvalue weighted by atomic mass is 9.87. The molecular weight excluding hydrogens is 637 g/mol. The molecule has 0 radical (unpaired) electrons. The standard InChI is InChI=1S/C33H44N7O7P/c1-6-23-26(46-48-40-16-10-14-24(40)33(4,47-48)22-12-8-7-9-13-22)27(43-19-18-42-5)31(45-23)39-20-35-25-28(39)36-32(37-29(41)21(2)3)38-30(25)44-17-11-15-34/h7-9,12-13,20-21,23-24,26-27,31H,6,10-11,14,16-19H2,1-5H3,(H,36,37,38,41)/t23-,24+,26+,27?,31-,33-,48+/m1/s1. The summed E-state index contributed by atoms with van der Waals surface area (Å²) in [7, 11) is 0.194. The van der Waals surface area contributed by atoms with Gasteiger partial charge in [-0.1, -0.05) is 51.1 Å². The zero-order valence-corrected chi connectivity index (χ0v) is 29.0. The van der Waals surface area contributed by atoms with E-state index in [1.807, 2.05) is 18.2 Å². The molecule has 3 fully saturated rings. The summed E-state index contributed by atoms with van der Waals surface area (Å²) < 4.78 is 42.4. The van der Waals surface area contributed by atoms with E-state index < -0.39 is 32.6 Å². The molecule has 0 saturated carbocycles. The first kappa shape index (κ1) is 34.6. The minimum atomic E-state index is -1.43. The van der Waals surface area contributed by atoms with Crippen molar-refractivity contribution in [2.75, 3.05) is 38.8 Å². The summed E-state index contributed by atoms with van der Waals surface area (Å²) >= 11 is 0. The number of ether oxygens (including phenoxy) is 4. The number of nitriles is 1. The van der Waals surface area contributed by atoms with Crippen LogP contribution in [0, 0.1) is 17.2 Å². The number of nitrogens with one attached hydrogen (secondary N) is 1. The molecule has 5 heterocycles. The minimum Gasteiger partial charge on any atom is -0.475 e. The molecule has 0 aliphatic carbocycles. The fourth-order valence-corrected chi connectivity index (χ4v) is 8.65. The number of anilines is 1. The number of carbonyl (C=O) groups excluding carboxylic acids is 1. The van der Waals surface area contributed by atoms with Crippen molar-refractivity contribution < 1.29 is 32.8 Å². The van der Waals surface area contributed by atoms with Gasteiger partial charge in [-0.3, -0.25) is 14.7 Å². The van der Waals surface area contributed by atoms with Crippen LogP contribution in [0.15, 0.2) is 36.7 Å². The second kappa shape index (κ2) is 15.1. The first-order chi connectivity index (χ1) is 23.3. The van der Waals surface area contributed by atoms with Crippen LogP contribution in [-0.4, -0.2) is 87.9 Å². The van der Waals surface area contributed by atoms with Gasteiger partial charge in [0.15, 0.2) is 17.4 Å². The second-order valence-corrected chi connectivity index (χ2v) is 14.0. The molecule has 258 valence electrons. The Hall–Kier alpha value is -3.28. The third kappa shape index (κ3) is 6.78. The van der Waals surface area contributed by atoms with E-state index in [0.29, 0.717) is 30.8 Å². The normalized spacial score (nSPS) is 28.6. The van der Waals surface area contributed by atoms with Crippen molar-refractivity contribution in [1.29, 1.82) is 5.26 Å². The Kier molecular flexibility index (Phi) is 10.9. The average molecular weight is 682 g/mol. The van der Waals surface area contributed by atoms with Crippen LogP contribution in [-0.2, 0) is 33.7 Å². The zero-order chi connectivity index (χ0) is 33.8. The van der Waals surface area contributed by atoms with Crippen molar-refractivity contribution >= 4 is 31.5 Å². The van der Waals surface area contributed by atoms with Crippen molar-refractivity contribution in [3.05, 3.63) is 42.2 Å². The second-order valence-electron chi connectivity index (χ2n) is 12.6. The van der Waals surface area contributed by atoms with E-state index in [1.165, 1.54) is 0 Å². The smallest absolute Gasteiger partial charge is 0.260 e. The topological polar surface area (TPSA) is 155 Å². The van der Waals surface area contributed by atoms with Gasteiger partial charge in [0.25, 0.3) is 8.53 Å². The highest BCUT2D eigenvalue weighted by atomic mass is 31.2. The third-order valence-corrected chi connectivity index (χ3v) is 10.9. The van der Waals surface area contributed by atoms with E-state index in [4.69, 9.17) is 33.3 Å². The molecule has 7 atom stereocenters. The van der Waals surface area contributed by atoms with Crippen molar-refractivity contribution in [2.24, 2.45) is 5.92 Å².